The lowest BCUT2D eigenvalue weighted by Gasteiger charge is -2.64. The fourth-order valence-electron chi connectivity index (χ4n) is 16.5. The zero-order chi connectivity index (χ0) is 63.6. The minimum Gasteiger partial charge on any atom is -0.461 e. The number of hydrogen-bond donors (Lipinski definition) is 12. The van der Waals surface area contributed by atoms with Gasteiger partial charge >= 0.3 is 26.8 Å². The normalized spacial score (nSPS) is 50.7. The van der Waals surface area contributed by atoms with Crippen LogP contribution in [0.5, 0.6) is 0 Å². The van der Waals surface area contributed by atoms with Crippen LogP contribution in [0.4, 0.5) is 0 Å². The van der Waals surface area contributed by atoms with Crippen LogP contribution in [-0.4, -0.2) is 270 Å². The van der Waals surface area contributed by atoms with Crippen molar-refractivity contribution in [3.63, 3.8) is 0 Å². The molecule has 31 atom stereocenters. The van der Waals surface area contributed by atoms with Crippen LogP contribution in [0, 0.1) is 39.4 Å². The van der Waals surface area contributed by atoms with Crippen molar-refractivity contribution in [2.24, 2.45) is 39.4 Å². The molecule has 33 heteroatoms. The van der Waals surface area contributed by atoms with Crippen molar-refractivity contribution in [2.45, 2.75) is 234 Å². The Kier molecular flexibility index (Phi) is 19.4. The largest absolute Gasteiger partial charge is 0.461 e. The number of rotatable bonds is 18. The highest BCUT2D eigenvalue weighted by atomic mass is 32.3. The SMILES string of the molecule is C=C(C)[C@H]1[C@H]2C[C@@]3(C)C4=CCC5C(C)(C)[C@@H](O[C@@H]6OC[C@@H](OS(=O)(=O)O)[C@H](O)[C@H]6O[C@@H]6O[C@H](C)[C@@H](O[C@@H]7O[C@H](COS(=O)(=O)O)[C@@H](O)[C@H](O[C@@H]8OC[C@@H](O)[C@H](OC)[C@H]8O)[C@H]7O)[C@H](O)[C@H]6O[C@@H]6O[C@H](CO)[C@@H](O)[C@H](O)[C@H]6O)CC[C@]5(C)[C@H]4CC[C@]13C(=O)O2. The van der Waals surface area contributed by atoms with Crippen LogP contribution >= 0.6 is 0 Å². The molecular formula is C54H84O31S2. The van der Waals surface area contributed by atoms with Crippen molar-refractivity contribution in [1.82, 2.24) is 0 Å². The minimum absolute atomic E-state index is 0.0430. The Morgan fingerprint density at radius 3 is 1.95 bits per heavy atom. The molecule has 10 rings (SSSR count). The average molecular weight is 1290 g/mol. The predicted molar refractivity (Wildman–Crippen MR) is 285 cm³/mol. The van der Waals surface area contributed by atoms with Gasteiger partial charge in [0.2, 0.25) is 0 Å². The maximum Gasteiger partial charge on any atom is 0.397 e. The third-order valence-corrected chi connectivity index (χ3v) is 21.7. The molecule has 0 aromatic heterocycles. The van der Waals surface area contributed by atoms with Gasteiger partial charge in [-0.15, -0.1) is 0 Å². The molecule has 1 unspecified atom stereocenters. The van der Waals surface area contributed by atoms with E-state index in [9.17, 15) is 81.8 Å². The second kappa shape index (κ2) is 25.0. The summed E-state index contributed by atoms with van der Waals surface area (Å²) in [5, 5.41) is 112. The van der Waals surface area contributed by atoms with E-state index in [1.165, 1.54) is 19.6 Å². The molecule has 31 nitrogen and oxygen atoms in total. The van der Waals surface area contributed by atoms with Gasteiger partial charge in [-0.1, -0.05) is 51.5 Å². The van der Waals surface area contributed by atoms with Gasteiger partial charge in [0.05, 0.1) is 44.1 Å². The van der Waals surface area contributed by atoms with E-state index in [1.54, 1.807) is 0 Å². The first-order valence-corrected chi connectivity index (χ1v) is 31.9. The summed E-state index contributed by atoms with van der Waals surface area (Å²) in [4.78, 5) is 13.9. The van der Waals surface area contributed by atoms with Crippen LogP contribution in [0.2, 0.25) is 0 Å². The molecule has 6 heterocycles. The van der Waals surface area contributed by atoms with Crippen molar-refractivity contribution >= 4 is 26.8 Å². The Balaban J connectivity index is 0.936. The number of carbonyl (C=O) groups excluding carboxylic acids is 1. The molecule has 10 aliphatic rings. The first-order valence-electron chi connectivity index (χ1n) is 29.2. The van der Waals surface area contributed by atoms with Gasteiger partial charge < -0.3 is 108 Å². The van der Waals surface area contributed by atoms with E-state index in [0.717, 1.165) is 12.0 Å². The van der Waals surface area contributed by atoms with Gasteiger partial charge in [-0.2, -0.15) is 16.8 Å². The van der Waals surface area contributed by atoms with Crippen LogP contribution in [0.3, 0.4) is 0 Å². The molecule has 498 valence electrons. The molecule has 9 fully saturated rings. The number of allylic oxidation sites excluding steroid dienone is 2. The first-order chi connectivity index (χ1) is 40.6. The smallest absolute Gasteiger partial charge is 0.397 e. The van der Waals surface area contributed by atoms with E-state index in [-0.39, 0.29) is 35.2 Å². The molecule has 12 N–H and O–H groups in total. The van der Waals surface area contributed by atoms with Gasteiger partial charge in [-0.3, -0.25) is 13.9 Å². The lowest BCUT2D eigenvalue weighted by Crippen LogP contribution is -2.68. The number of ether oxygens (including phenoxy) is 12. The Labute approximate surface area is 502 Å². The second-order valence-corrected chi connectivity index (χ2v) is 28.2. The molecule has 0 amide bonds. The Morgan fingerprint density at radius 1 is 0.678 bits per heavy atom. The fourth-order valence-corrected chi connectivity index (χ4v) is 17.3. The summed E-state index contributed by atoms with van der Waals surface area (Å²) in [6.07, 6.45) is -38.4. The van der Waals surface area contributed by atoms with Gasteiger partial charge in [-0.05, 0) is 75.0 Å². The van der Waals surface area contributed by atoms with Gasteiger partial charge in [-0.25, -0.2) is 8.37 Å². The van der Waals surface area contributed by atoms with Crippen LogP contribution in [-0.2, 0) is 90.8 Å². The number of methoxy groups -OCH3 is 1. The molecule has 87 heavy (non-hydrogen) atoms. The quantitative estimate of drug-likeness (QED) is 0.0365. The summed E-state index contributed by atoms with van der Waals surface area (Å²) in [5.74, 6) is -0.221. The molecule has 6 saturated heterocycles. The van der Waals surface area contributed by atoms with Crippen molar-refractivity contribution in [1.29, 1.82) is 0 Å². The average Bonchev–Trinajstić information content (AvgIpc) is 1.56. The summed E-state index contributed by atoms with van der Waals surface area (Å²) < 4.78 is 148. The fraction of sp³-hybridized carbons (Fsp3) is 0.907. The number of aliphatic hydroxyl groups excluding tert-OH is 10. The van der Waals surface area contributed by atoms with Crippen LogP contribution in [0.1, 0.15) is 80.1 Å². The number of esters is 1. The van der Waals surface area contributed by atoms with Crippen molar-refractivity contribution in [3.8, 4) is 0 Å². The molecule has 4 aliphatic carbocycles. The molecule has 3 saturated carbocycles. The Hall–Kier alpha value is -2.15. The van der Waals surface area contributed by atoms with Gasteiger partial charge in [0.15, 0.2) is 31.5 Å². The number of aliphatic hydroxyl groups is 10. The maximum atomic E-state index is 13.9. The summed E-state index contributed by atoms with van der Waals surface area (Å²) in [7, 11) is -9.36. The number of hydrogen-bond acceptors (Lipinski definition) is 29. The molecular weight excluding hydrogens is 1210 g/mol. The Bertz CT molecular complexity index is 2760. The van der Waals surface area contributed by atoms with Crippen LogP contribution in [0.15, 0.2) is 23.8 Å². The topological polar surface area (TPSA) is 457 Å². The Morgan fingerprint density at radius 2 is 1.30 bits per heavy atom. The van der Waals surface area contributed by atoms with E-state index in [4.69, 9.17) is 61.0 Å². The van der Waals surface area contributed by atoms with Crippen molar-refractivity contribution in [2.75, 3.05) is 33.5 Å². The third-order valence-electron chi connectivity index (χ3n) is 20.8. The second-order valence-electron chi connectivity index (χ2n) is 26.1. The van der Waals surface area contributed by atoms with Gasteiger partial charge in [0.1, 0.15) is 110 Å². The number of carbonyl (C=O) groups is 1. The zero-order valence-corrected chi connectivity index (χ0v) is 50.6. The van der Waals surface area contributed by atoms with Gasteiger partial charge in [0, 0.05) is 18.4 Å². The van der Waals surface area contributed by atoms with Crippen LogP contribution < -0.4 is 0 Å². The summed E-state index contributed by atoms with van der Waals surface area (Å²) in [6, 6.07) is 0. The predicted octanol–water partition coefficient (Wildman–Crippen LogP) is -3.22. The van der Waals surface area contributed by atoms with E-state index in [1.807, 2.05) is 20.8 Å². The van der Waals surface area contributed by atoms with E-state index < -0.39 is 211 Å². The summed E-state index contributed by atoms with van der Waals surface area (Å²) in [6.45, 7) is 12.8. The maximum absolute atomic E-state index is 13.9. The van der Waals surface area contributed by atoms with E-state index in [0.29, 0.717) is 32.1 Å². The van der Waals surface area contributed by atoms with Gasteiger partial charge in [0.25, 0.3) is 0 Å². The molecule has 2 bridgehead atoms. The first kappa shape index (κ1) is 67.7. The minimum atomic E-state index is -5.30. The zero-order valence-electron chi connectivity index (χ0n) is 49.0. The molecule has 0 aromatic rings. The highest BCUT2D eigenvalue weighted by molar-refractivity contribution is 7.81. The van der Waals surface area contributed by atoms with Crippen LogP contribution in [0.25, 0.3) is 0 Å². The molecule has 6 aliphatic heterocycles. The third kappa shape index (κ3) is 12.1. The van der Waals surface area contributed by atoms with E-state index in [2.05, 4.69) is 30.7 Å². The molecule has 1 spiro atoms. The monoisotopic (exact) mass is 1290 g/mol. The summed E-state index contributed by atoms with van der Waals surface area (Å²) in [5.41, 5.74) is 0.00968. The highest BCUT2D eigenvalue weighted by Crippen LogP contribution is 2.76. The summed E-state index contributed by atoms with van der Waals surface area (Å²) >= 11 is 0. The van der Waals surface area contributed by atoms with Crippen molar-refractivity contribution in [3.05, 3.63) is 23.8 Å². The standard InChI is InChI=1S/C54H84O31S2/c1-20(2)31-25-15-53(7)23-9-10-29-51(4,5)30(12-13-52(29,6)22(23)11-14-54(31,53)50(65)79-25)80-48-43(34(59)28(18-74-48)85-87(69,70)71)84-49-44(83-46-36(61)35(60)32(57)26(16-55)77-46)37(62)40(21(3)76-49)81-47-39(64)42(33(58)27(78-47)19-75-86(66,67)68)82-45-38(63)41(72-8)24(56)17-73-45/h9,21-22,24-49,55-64H,1,10-19H2,2-8H3,(H,66,67,68)(H,69,70,71)/t21-,22+,24-,25-,26-,27-,28-,29?,30+,31+,32-,33-,34+,35+,36-,37+,38-,39-,40-,41+,42+,43-,44-,45+,46+,47+,48+,49+,52-,53+,54-/m1/s1. The van der Waals surface area contributed by atoms with E-state index >= 15 is 0 Å². The molecule has 0 aromatic carbocycles. The highest BCUT2D eigenvalue weighted by Gasteiger charge is 2.76. The lowest BCUT2D eigenvalue weighted by molar-refractivity contribution is -0.405. The van der Waals surface area contributed by atoms with Crippen molar-refractivity contribution < 1.29 is 147 Å². The lowest BCUT2D eigenvalue weighted by atomic mass is 9.40. The molecule has 0 radical (unpaired) electrons. The number of fused-ring (bicyclic) bond motifs is 5.